The Labute approximate surface area is 187 Å². The number of benzene rings is 3. The number of fused-ring (bicyclic) bond motifs is 2. The van der Waals surface area contributed by atoms with Crippen LogP contribution in [0.5, 0.6) is 0 Å². The lowest BCUT2D eigenvalue weighted by Crippen LogP contribution is -2.28. The van der Waals surface area contributed by atoms with Gasteiger partial charge in [-0.25, -0.2) is 0 Å². The predicted molar refractivity (Wildman–Crippen MR) is 128 cm³/mol. The van der Waals surface area contributed by atoms with Crippen LogP contribution in [-0.4, -0.2) is 16.5 Å². The van der Waals surface area contributed by atoms with Gasteiger partial charge in [0.25, 0.3) is 0 Å². The molecule has 1 aliphatic heterocycles. The van der Waals surface area contributed by atoms with Gasteiger partial charge < -0.3 is 20.0 Å². The topological polar surface area (TPSA) is 89.8 Å². The number of hydrogen-bond acceptors (Lipinski definition) is 5. The zero-order valence-corrected chi connectivity index (χ0v) is 18.2. The Morgan fingerprint density at radius 3 is 2.52 bits per heavy atom. The Hall–Kier alpha value is -3.16. The van der Waals surface area contributed by atoms with E-state index in [2.05, 4.69) is 38.2 Å². The molecule has 5 rings (SSSR count). The molecule has 0 unspecified atom stereocenters. The first-order valence-electron chi connectivity index (χ1n) is 9.84. The van der Waals surface area contributed by atoms with Crippen LogP contribution in [0.1, 0.15) is 11.1 Å². The monoisotopic (exact) mass is 450 g/mol. The Kier molecular flexibility index (Phi) is 5.00. The molecule has 0 aliphatic carbocycles. The SMILES string of the molecule is Cc1cc2[nH]c(=O)c(=O)[nH]c2cc1SNc1ccc(-c2ccc3c(c2)NCC3)c(Cl)c1. The lowest BCUT2D eigenvalue weighted by molar-refractivity contribution is 1.11. The standard InChI is InChI=1S/C23H19ClN4O2S/c1-12-8-19-20(27-23(30)22(29)26-19)11-21(12)31-28-15-4-5-16(17(24)10-15)14-3-2-13-6-7-25-18(13)9-14/h2-5,8-11,25,28H,6-7H2,1H3,(H,26,29)(H,27,30). The summed E-state index contributed by atoms with van der Waals surface area (Å²) in [5.41, 5.74) is 6.29. The molecule has 0 radical (unpaired) electrons. The quantitative estimate of drug-likeness (QED) is 0.261. The van der Waals surface area contributed by atoms with Gasteiger partial charge in [-0.05, 0) is 72.3 Å². The first kappa shape index (κ1) is 19.8. The molecule has 6 nitrogen and oxygen atoms in total. The number of rotatable bonds is 4. The fourth-order valence-electron chi connectivity index (χ4n) is 3.75. The number of aryl methyl sites for hydroxylation is 1. The Morgan fingerprint density at radius 1 is 0.968 bits per heavy atom. The largest absolute Gasteiger partial charge is 0.384 e. The van der Waals surface area contributed by atoms with Gasteiger partial charge in [-0.1, -0.05) is 29.8 Å². The van der Waals surface area contributed by atoms with Crippen LogP contribution in [-0.2, 0) is 6.42 Å². The molecule has 156 valence electrons. The number of hydrogen-bond donors (Lipinski definition) is 4. The molecule has 1 aromatic heterocycles. The average molecular weight is 451 g/mol. The van der Waals surface area contributed by atoms with Crippen molar-refractivity contribution in [1.82, 2.24) is 9.97 Å². The lowest BCUT2D eigenvalue weighted by Gasteiger charge is -2.12. The molecule has 4 aromatic rings. The van der Waals surface area contributed by atoms with Crippen molar-refractivity contribution in [2.45, 2.75) is 18.2 Å². The highest BCUT2D eigenvalue weighted by Crippen LogP contribution is 2.35. The van der Waals surface area contributed by atoms with Crippen LogP contribution >= 0.6 is 23.5 Å². The summed E-state index contributed by atoms with van der Waals surface area (Å²) in [4.78, 5) is 29.3. The van der Waals surface area contributed by atoms with Crippen LogP contribution in [0.15, 0.2) is 63.0 Å². The van der Waals surface area contributed by atoms with Crippen molar-refractivity contribution in [1.29, 1.82) is 0 Å². The van der Waals surface area contributed by atoms with E-state index in [1.165, 1.54) is 23.2 Å². The fourth-order valence-corrected chi connectivity index (χ4v) is 4.79. The third-order valence-corrected chi connectivity index (χ3v) is 6.71. The highest BCUT2D eigenvalue weighted by Gasteiger charge is 2.13. The highest BCUT2D eigenvalue weighted by molar-refractivity contribution is 8.00. The van der Waals surface area contributed by atoms with Crippen molar-refractivity contribution in [3.05, 3.63) is 85.4 Å². The van der Waals surface area contributed by atoms with Gasteiger partial charge in [0, 0.05) is 28.4 Å². The normalized spacial score (nSPS) is 12.6. The van der Waals surface area contributed by atoms with E-state index in [1.807, 2.05) is 37.3 Å². The molecule has 0 atom stereocenters. The molecular weight excluding hydrogens is 432 g/mol. The van der Waals surface area contributed by atoms with Crippen molar-refractivity contribution in [3.63, 3.8) is 0 Å². The van der Waals surface area contributed by atoms with Crippen molar-refractivity contribution in [2.24, 2.45) is 0 Å². The van der Waals surface area contributed by atoms with Crippen LogP contribution in [0.4, 0.5) is 11.4 Å². The molecule has 0 spiro atoms. The zero-order valence-electron chi connectivity index (χ0n) is 16.6. The smallest absolute Gasteiger partial charge is 0.314 e. The van der Waals surface area contributed by atoms with E-state index in [0.29, 0.717) is 16.1 Å². The fraction of sp³-hybridized carbons (Fsp3) is 0.130. The predicted octanol–water partition coefficient (Wildman–Crippen LogP) is 4.93. The Balaban J connectivity index is 1.38. The van der Waals surface area contributed by atoms with Crippen LogP contribution in [0, 0.1) is 6.92 Å². The molecule has 31 heavy (non-hydrogen) atoms. The van der Waals surface area contributed by atoms with Crippen molar-refractivity contribution in [3.8, 4) is 11.1 Å². The molecule has 0 saturated heterocycles. The van der Waals surface area contributed by atoms with Crippen LogP contribution < -0.4 is 21.2 Å². The first-order chi connectivity index (χ1) is 15.0. The maximum Gasteiger partial charge on any atom is 0.314 e. The highest BCUT2D eigenvalue weighted by atomic mass is 35.5. The second-order valence-corrected chi connectivity index (χ2v) is 8.77. The molecule has 0 amide bonds. The zero-order chi connectivity index (χ0) is 21.5. The molecular formula is C23H19ClN4O2S. The van der Waals surface area contributed by atoms with Gasteiger partial charge in [0.05, 0.1) is 16.1 Å². The van der Waals surface area contributed by atoms with Gasteiger partial charge in [0.2, 0.25) is 0 Å². The second-order valence-electron chi connectivity index (χ2n) is 7.52. The second kappa shape index (κ2) is 7.83. The van der Waals surface area contributed by atoms with Gasteiger partial charge >= 0.3 is 11.1 Å². The average Bonchev–Trinajstić information content (AvgIpc) is 3.21. The summed E-state index contributed by atoms with van der Waals surface area (Å²) in [6.07, 6.45) is 1.06. The van der Waals surface area contributed by atoms with Crippen LogP contribution in [0.2, 0.25) is 5.02 Å². The molecule has 1 aliphatic rings. The summed E-state index contributed by atoms with van der Waals surface area (Å²) >= 11 is 8.01. The van der Waals surface area contributed by atoms with E-state index >= 15 is 0 Å². The molecule has 0 saturated carbocycles. The molecule has 8 heteroatoms. The Bertz CT molecular complexity index is 1440. The van der Waals surface area contributed by atoms with Crippen molar-refractivity contribution < 1.29 is 0 Å². The van der Waals surface area contributed by atoms with Crippen LogP contribution in [0.25, 0.3) is 22.2 Å². The summed E-state index contributed by atoms with van der Waals surface area (Å²) in [5.74, 6) is 0. The van der Waals surface area contributed by atoms with Crippen molar-refractivity contribution >= 4 is 46.0 Å². The van der Waals surface area contributed by atoms with Gasteiger partial charge in [0.15, 0.2) is 0 Å². The van der Waals surface area contributed by atoms with E-state index < -0.39 is 11.1 Å². The van der Waals surface area contributed by atoms with Gasteiger partial charge in [-0.3, -0.25) is 9.59 Å². The Morgan fingerprint density at radius 2 is 1.74 bits per heavy atom. The van der Waals surface area contributed by atoms with Gasteiger partial charge in [-0.15, -0.1) is 0 Å². The summed E-state index contributed by atoms with van der Waals surface area (Å²) in [6.45, 7) is 2.93. The molecule has 2 heterocycles. The lowest BCUT2D eigenvalue weighted by atomic mass is 10.0. The number of H-pyrrole nitrogens is 2. The minimum atomic E-state index is -0.663. The third kappa shape index (κ3) is 3.82. The number of halogens is 1. The minimum absolute atomic E-state index is 0.582. The summed E-state index contributed by atoms with van der Waals surface area (Å²) in [7, 11) is 0. The van der Waals surface area contributed by atoms with E-state index in [1.54, 1.807) is 0 Å². The summed E-state index contributed by atoms with van der Waals surface area (Å²) in [5, 5.41) is 4.07. The van der Waals surface area contributed by atoms with Crippen molar-refractivity contribution in [2.75, 3.05) is 16.6 Å². The maximum atomic E-state index is 11.6. The molecule has 0 bridgehead atoms. The van der Waals surface area contributed by atoms with Gasteiger partial charge in [0.1, 0.15) is 0 Å². The van der Waals surface area contributed by atoms with Crippen LogP contribution in [0.3, 0.4) is 0 Å². The van der Waals surface area contributed by atoms with E-state index in [-0.39, 0.29) is 0 Å². The summed E-state index contributed by atoms with van der Waals surface area (Å²) < 4.78 is 3.31. The maximum absolute atomic E-state index is 11.6. The molecule has 4 N–H and O–H groups in total. The minimum Gasteiger partial charge on any atom is -0.384 e. The first-order valence-corrected chi connectivity index (χ1v) is 11.0. The third-order valence-electron chi connectivity index (χ3n) is 5.40. The van der Waals surface area contributed by atoms with E-state index in [9.17, 15) is 9.59 Å². The van der Waals surface area contributed by atoms with E-state index in [4.69, 9.17) is 11.6 Å². The number of nitrogens with one attached hydrogen (secondary N) is 4. The summed E-state index contributed by atoms with van der Waals surface area (Å²) in [6, 6.07) is 16.0. The molecule has 3 aromatic carbocycles. The number of aromatic amines is 2. The number of anilines is 2. The number of aromatic nitrogens is 2. The van der Waals surface area contributed by atoms with E-state index in [0.717, 1.165) is 40.2 Å². The molecule has 0 fully saturated rings. The van der Waals surface area contributed by atoms with Gasteiger partial charge in [-0.2, -0.15) is 0 Å².